The van der Waals surface area contributed by atoms with Crippen molar-refractivity contribution in [1.82, 2.24) is 5.32 Å². The van der Waals surface area contributed by atoms with Gasteiger partial charge in [0.05, 0.1) is 25.4 Å². The van der Waals surface area contributed by atoms with Gasteiger partial charge in [-0.3, -0.25) is 9.59 Å². The Morgan fingerprint density at radius 2 is 0.595 bits per heavy atom. The first-order valence-electron chi connectivity index (χ1n) is 36.1. The predicted octanol–water partition coefficient (Wildman–Crippen LogP) is 23.3. The van der Waals surface area contributed by atoms with Gasteiger partial charge in [0, 0.05) is 12.8 Å². The summed E-state index contributed by atoms with van der Waals surface area (Å²) in [7, 11) is 0. The number of esters is 1. The largest absolute Gasteiger partial charge is 0.466 e. The lowest BCUT2D eigenvalue weighted by atomic mass is 10.0. The summed E-state index contributed by atoms with van der Waals surface area (Å²) in [5.41, 5.74) is 0. The van der Waals surface area contributed by atoms with E-state index < -0.39 is 12.1 Å². The van der Waals surface area contributed by atoms with Crippen molar-refractivity contribution < 1.29 is 24.5 Å². The van der Waals surface area contributed by atoms with Crippen molar-refractivity contribution in [2.75, 3.05) is 13.2 Å². The monoisotopic (exact) mass is 1110 g/mol. The van der Waals surface area contributed by atoms with E-state index in [0.29, 0.717) is 19.4 Å². The topological polar surface area (TPSA) is 95.9 Å². The molecule has 79 heavy (non-hydrogen) atoms. The standard InChI is InChI=1S/C73H141NO5/c1-3-5-7-9-11-13-15-17-19-21-35-39-43-47-51-55-59-63-67-73(78)79-68-64-60-56-52-48-44-40-36-32-30-28-26-24-22-23-25-27-29-31-34-38-42-46-50-54-58-62-66-72(77)74-70(69-75)71(76)65-61-57-53-49-45-41-37-33-20-18-16-14-12-10-8-6-4-2/h19,21,61,65,70-71,75-76H,3-18,20,22-60,62-64,66-69H2,1-2H3,(H,74,77)/b21-19-,65-61+. The summed E-state index contributed by atoms with van der Waals surface area (Å²) < 4.78 is 5.51. The smallest absolute Gasteiger partial charge is 0.305 e. The first-order valence-corrected chi connectivity index (χ1v) is 36.1. The second-order valence-corrected chi connectivity index (χ2v) is 24.9. The predicted molar refractivity (Wildman–Crippen MR) is 347 cm³/mol. The molecule has 3 N–H and O–H groups in total. The molecular formula is C73H141NO5. The second-order valence-electron chi connectivity index (χ2n) is 24.9. The number of ether oxygens (including phenoxy) is 1. The molecule has 0 radical (unpaired) electrons. The molecule has 6 nitrogen and oxygen atoms in total. The number of aliphatic hydroxyl groups is 2. The zero-order valence-corrected chi connectivity index (χ0v) is 53.6. The van der Waals surface area contributed by atoms with Gasteiger partial charge >= 0.3 is 5.97 Å². The van der Waals surface area contributed by atoms with E-state index in [1.807, 2.05) is 6.08 Å². The maximum Gasteiger partial charge on any atom is 0.305 e. The van der Waals surface area contributed by atoms with Crippen molar-refractivity contribution in [3.05, 3.63) is 24.3 Å². The van der Waals surface area contributed by atoms with Crippen LogP contribution in [0.15, 0.2) is 24.3 Å². The average molecular weight is 1110 g/mol. The highest BCUT2D eigenvalue weighted by Crippen LogP contribution is 2.19. The Kier molecular flexibility index (Phi) is 67.4. The van der Waals surface area contributed by atoms with E-state index in [-0.39, 0.29) is 18.5 Å². The summed E-state index contributed by atoms with van der Waals surface area (Å²) >= 11 is 0. The SMILES string of the molecule is CCCCCCCCC/C=C\CCCCCCCCCC(=O)OCCCCCCCCCCCCCCCCCCCCCCCCCCCCCC(=O)NC(CO)C(O)/C=C/CCCCCCCCCCCCCCCCC. The third kappa shape index (κ3) is 65.4. The molecule has 468 valence electrons. The number of hydrogen-bond acceptors (Lipinski definition) is 5. The van der Waals surface area contributed by atoms with Crippen LogP contribution in [0.2, 0.25) is 0 Å². The van der Waals surface area contributed by atoms with Crippen LogP contribution >= 0.6 is 0 Å². The van der Waals surface area contributed by atoms with E-state index in [4.69, 9.17) is 4.74 Å². The molecule has 0 heterocycles. The number of allylic oxidation sites excluding steroid dienone is 3. The molecule has 2 unspecified atom stereocenters. The van der Waals surface area contributed by atoms with Crippen LogP contribution in [0.5, 0.6) is 0 Å². The van der Waals surface area contributed by atoms with Crippen LogP contribution in [0, 0.1) is 0 Å². The molecule has 0 aliphatic carbocycles. The molecule has 0 spiro atoms. The Morgan fingerprint density at radius 3 is 0.899 bits per heavy atom. The van der Waals surface area contributed by atoms with Crippen molar-refractivity contribution in [3.8, 4) is 0 Å². The Hall–Kier alpha value is -1.66. The Balaban J connectivity index is 3.35. The molecule has 0 aliphatic heterocycles. The van der Waals surface area contributed by atoms with Crippen LogP contribution in [0.1, 0.15) is 406 Å². The van der Waals surface area contributed by atoms with Gasteiger partial charge in [-0.05, 0) is 57.8 Å². The number of aliphatic hydroxyl groups excluding tert-OH is 2. The molecule has 0 aliphatic rings. The van der Waals surface area contributed by atoms with Gasteiger partial charge in [0.25, 0.3) is 0 Å². The van der Waals surface area contributed by atoms with Crippen LogP contribution in [-0.2, 0) is 14.3 Å². The number of rotatable bonds is 68. The minimum Gasteiger partial charge on any atom is -0.466 e. The minimum atomic E-state index is -0.843. The number of hydrogen-bond donors (Lipinski definition) is 3. The third-order valence-electron chi connectivity index (χ3n) is 17.0. The van der Waals surface area contributed by atoms with E-state index in [1.54, 1.807) is 6.08 Å². The fourth-order valence-electron chi connectivity index (χ4n) is 11.5. The van der Waals surface area contributed by atoms with Crippen molar-refractivity contribution in [2.24, 2.45) is 0 Å². The summed E-state index contributed by atoms with van der Waals surface area (Å²) in [5.74, 6) is -0.0464. The Bertz CT molecular complexity index is 1230. The zero-order valence-electron chi connectivity index (χ0n) is 53.6. The van der Waals surface area contributed by atoms with Crippen LogP contribution in [0.4, 0.5) is 0 Å². The van der Waals surface area contributed by atoms with E-state index in [0.717, 1.165) is 44.9 Å². The summed E-state index contributed by atoms with van der Waals surface area (Å²) in [6, 6.07) is -0.626. The van der Waals surface area contributed by atoms with Gasteiger partial charge in [-0.15, -0.1) is 0 Å². The highest BCUT2D eigenvalue weighted by Gasteiger charge is 2.18. The van der Waals surface area contributed by atoms with Gasteiger partial charge in [-0.1, -0.05) is 359 Å². The summed E-state index contributed by atoms with van der Waals surface area (Å²) in [5, 5.41) is 23.2. The maximum atomic E-state index is 12.5. The fourth-order valence-corrected chi connectivity index (χ4v) is 11.5. The average Bonchev–Trinajstić information content (AvgIpc) is 3.45. The molecule has 0 saturated carbocycles. The van der Waals surface area contributed by atoms with Crippen molar-refractivity contribution in [2.45, 2.75) is 418 Å². The van der Waals surface area contributed by atoms with Gasteiger partial charge in [0.15, 0.2) is 0 Å². The number of unbranched alkanes of at least 4 members (excludes halogenated alkanes) is 55. The molecule has 0 aromatic rings. The summed E-state index contributed by atoms with van der Waals surface area (Å²) in [6.45, 7) is 4.94. The van der Waals surface area contributed by atoms with E-state index >= 15 is 0 Å². The van der Waals surface area contributed by atoms with Crippen molar-refractivity contribution in [3.63, 3.8) is 0 Å². The quantitative estimate of drug-likeness (QED) is 0.0320. The molecule has 0 fully saturated rings. The lowest BCUT2D eigenvalue weighted by Crippen LogP contribution is -2.45. The minimum absolute atomic E-state index is 0.0156. The number of carbonyl (C=O) groups is 2. The molecule has 0 aromatic carbocycles. The van der Waals surface area contributed by atoms with Gasteiger partial charge in [-0.25, -0.2) is 0 Å². The molecular weight excluding hydrogens is 971 g/mol. The van der Waals surface area contributed by atoms with Gasteiger partial charge in [0.1, 0.15) is 0 Å². The van der Waals surface area contributed by atoms with Crippen molar-refractivity contribution in [1.29, 1.82) is 0 Å². The van der Waals surface area contributed by atoms with Crippen molar-refractivity contribution >= 4 is 11.9 Å². The number of carbonyl (C=O) groups excluding carboxylic acids is 2. The summed E-state index contributed by atoms with van der Waals surface area (Å²) in [4.78, 5) is 24.6. The molecule has 0 saturated heterocycles. The first-order chi connectivity index (χ1) is 39.0. The molecule has 2 atom stereocenters. The zero-order chi connectivity index (χ0) is 57.1. The van der Waals surface area contributed by atoms with Crippen LogP contribution in [0.3, 0.4) is 0 Å². The van der Waals surface area contributed by atoms with Crippen LogP contribution in [-0.4, -0.2) is 47.4 Å². The highest BCUT2D eigenvalue weighted by atomic mass is 16.5. The van der Waals surface area contributed by atoms with Gasteiger partial charge in [0.2, 0.25) is 5.91 Å². The summed E-state index contributed by atoms with van der Waals surface area (Å²) in [6.07, 6.45) is 86.9. The molecule has 0 rings (SSSR count). The molecule has 0 aromatic heterocycles. The third-order valence-corrected chi connectivity index (χ3v) is 17.0. The lowest BCUT2D eigenvalue weighted by molar-refractivity contribution is -0.143. The first kappa shape index (κ1) is 77.3. The molecule has 6 heteroatoms. The number of nitrogens with one attached hydrogen (secondary N) is 1. The fraction of sp³-hybridized carbons (Fsp3) is 0.918. The highest BCUT2D eigenvalue weighted by molar-refractivity contribution is 5.76. The van der Waals surface area contributed by atoms with Gasteiger partial charge < -0.3 is 20.3 Å². The molecule has 1 amide bonds. The van der Waals surface area contributed by atoms with Crippen LogP contribution < -0.4 is 5.32 Å². The molecule has 0 bridgehead atoms. The second kappa shape index (κ2) is 68.8. The van der Waals surface area contributed by atoms with E-state index in [9.17, 15) is 19.8 Å². The maximum absolute atomic E-state index is 12.5. The van der Waals surface area contributed by atoms with E-state index in [1.165, 1.54) is 334 Å². The van der Waals surface area contributed by atoms with Gasteiger partial charge in [-0.2, -0.15) is 0 Å². The van der Waals surface area contributed by atoms with Crippen LogP contribution in [0.25, 0.3) is 0 Å². The Morgan fingerprint density at radius 1 is 0.342 bits per heavy atom. The number of amides is 1. The Labute approximate surface area is 494 Å². The lowest BCUT2D eigenvalue weighted by Gasteiger charge is -2.20. The van der Waals surface area contributed by atoms with E-state index in [2.05, 4.69) is 31.3 Å². The normalized spacial score (nSPS) is 12.6.